The minimum atomic E-state index is -0.478. The zero-order valence-electron chi connectivity index (χ0n) is 14.7. The van der Waals surface area contributed by atoms with E-state index in [4.69, 9.17) is 0 Å². The highest BCUT2D eigenvalue weighted by molar-refractivity contribution is 5.84. The molecule has 0 heterocycles. The Kier molecular flexibility index (Phi) is 5.69. The lowest BCUT2D eigenvalue weighted by Gasteiger charge is -2.17. The molecule has 142 valence electrons. The SMILES string of the molecule is O=C(CNC(=O)NCc1ccc(F)cc1)NCC1(c2ccc(F)cc2)CC1. The van der Waals surface area contributed by atoms with Gasteiger partial charge in [0.05, 0.1) is 6.54 Å². The Bertz CT molecular complexity index is 803. The summed E-state index contributed by atoms with van der Waals surface area (Å²) in [4.78, 5) is 23.7. The van der Waals surface area contributed by atoms with Gasteiger partial charge in [0.2, 0.25) is 5.91 Å². The summed E-state index contributed by atoms with van der Waals surface area (Å²) in [6.07, 6.45) is 1.87. The number of halogens is 2. The van der Waals surface area contributed by atoms with Crippen molar-refractivity contribution >= 4 is 11.9 Å². The molecular weight excluding hydrogens is 352 g/mol. The van der Waals surface area contributed by atoms with Crippen molar-refractivity contribution in [1.29, 1.82) is 0 Å². The van der Waals surface area contributed by atoms with Gasteiger partial charge in [-0.15, -0.1) is 0 Å². The predicted octanol–water partition coefficient (Wildman–Crippen LogP) is 2.61. The monoisotopic (exact) mass is 373 g/mol. The second-order valence-corrected chi connectivity index (χ2v) is 6.73. The molecule has 2 aromatic carbocycles. The van der Waals surface area contributed by atoms with Crippen LogP contribution >= 0.6 is 0 Å². The van der Waals surface area contributed by atoms with Crippen LogP contribution in [0.2, 0.25) is 0 Å². The third-order valence-electron chi connectivity index (χ3n) is 4.71. The summed E-state index contributed by atoms with van der Waals surface area (Å²) in [5.41, 5.74) is 1.63. The minimum absolute atomic E-state index is 0.131. The molecular formula is C20H21F2N3O2. The average molecular weight is 373 g/mol. The maximum Gasteiger partial charge on any atom is 0.315 e. The van der Waals surface area contributed by atoms with Gasteiger partial charge >= 0.3 is 6.03 Å². The maximum atomic E-state index is 13.0. The number of hydrogen-bond donors (Lipinski definition) is 3. The fraction of sp³-hybridized carbons (Fsp3) is 0.300. The highest BCUT2D eigenvalue weighted by Gasteiger charge is 2.44. The number of carbonyl (C=O) groups excluding carboxylic acids is 2. The van der Waals surface area contributed by atoms with Crippen LogP contribution < -0.4 is 16.0 Å². The van der Waals surface area contributed by atoms with Crippen LogP contribution in [-0.2, 0) is 16.8 Å². The molecule has 0 spiro atoms. The van der Waals surface area contributed by atoms with Crippen LogP contribution in [0, 0.1) is 11.6 Å². The first-order chi connectivity index (χ1) is 13.0. The first-order valence-electron chi connectivity index (χ1n) is 8.76. The van der Waals surface area contributed by atoms with E-state index < -0.39 is 6.03 Å². The fourth-order valence-electron chi connectivity index (χ4n) is 2.86. The summed E-state index contributed by atoms with van der Waals surface area (Å²) < 4.78 is 25.9. The lowest BCUT2D eigenvalue weighted by molar-refractivity contribution is -0.120. The van der Waals surface area contributed by atoms with Crippen molar-refractivity contribution in [2.24, 2.45) is 0 Å². The Morgan fingerprint density at radius 3 is 2.04 bits per heavy atom. The van der Waals surface area contributed by atoms with Gasteiger partial charge in [0.15, 0.2) is 0 Å². The molecule has 0 unspecified atom stereocenters. The topological polar surface area (TPSA) is 70.2 Å². The molecule has 1 aliphatic carbocycles. The first kappa shape index (κ1) is 18.8. The molecule has 2 aromatic rings. The van der Waals surface area contributed by atoms with Crippen LogP contribution in [0.1, 0.15) is 24.0 Å². The van der Waals surface area contributed by atoms with Crippen molar-refractivity contribution in [3.63, 3.8) is 0 Å². The van der Waals surface area contributed by atoms with Crippen LogP contribution in [0.3, 0.4) is 0 Å². The van der Waals surface area contributed by atoms with E-state index in [1.54, 1.807) is 24.3 Å². The van der Waals surface area contributed by atoms with Gasteiger partial charge in [-0.05, 0) is 48.2 Å². The number of nitrogens with one attached hydrogen (secondary N) is 3. The average Bonchev–Trinajstić information content (AvgIpc) is 3.46. The number of carbonyl (C=O) groups is 2. The van der Waals surface area contributed by atoms with E-state index in [1.807, 2.05) is 0 Å². The van der Waals surface area contributed by atoms with Crippen molar-refractivity contribution in [3.8, 4) is 0 Å². The van der Waals surface area contributed by atoms with Crippen LogP contribution in [0.25, 0.3) is 0 Å². The van der Waals surface area contributed by atoms with Gasteiger partial charge in [-0.25, -0.2) is 13.6 Å². The Morgan fingerprint density at radius 2 is 1.44 bits per heavy atom. The molecule has 0 saturated heterocycles. The van der Waals surface area contributed by atoms with Crippen LogP contribution in [0.4, 0.5) is 13.6 Å². The van der Waals surface area contributed by atoms with Crippen molar-refractivity contribution in [1.82, 2.24) is 16.0 Å². The molecule has 0 bridgehead atoms. The second kappa shape index (κ2) is 8.16. The van der Waals surface area contributed by atoms with Gasteiger partial charge < -0.3 is 16.0 Å². The summed E-state index contributed by atoms with van der Waals surface area (Å²) in [5.74, 6) is -0.913. The van der Waals surface area contributed by atoms with Gasteiger partial charge in [-0.3, -0.25) is 4.79 Å². The molecule has 3 rings (SSSR count). The predicted molar refractivity (Wildman–Crippen MR) is 97.0 cm³/mol. The number of urea groups is 1. The molecule has 0 radical (unpaired) electrons. The molecule has 0 atom stereocenters. The highest BCUT2D eigenvalue weighted by atomic mass is 19.1. The largest absolute Gasteiger partial charge is 0.354 e. The maximum absolute atomic E-state index is 13.0. The Balaban J connectivity index is 1.37. The minimum Gasteiger partial charge on any atom is -0.354 e. The number of benzene rings is 2. The molecule has 1 aliphatic rings. The van der Waals surface area contributed by atoms with Crippen LogP contribution in [-0.4, -0.2) is 25.0 Å². The Morgan fingerprint density at radius 1 is 0.852 bits per heavy atom. The van der Waals surface area contributed by atoms with E-state index >= 15 is 0 Å². The van der Waals surface area contributed by atoms with Gasteiger partial charge in [-0.2, -0.15) is 0 Å². The number of hydrogen-bond acceptors (Lipinski definition) is 2. The van der Waals surface area contributed by atoms with E-state index in [1.165, 1.54) is 24.3 Å². The third-order valence-corrected chi connectivity index (χ3v) is 4.71. The second-order valence-electron chi connectivity index (χ2n) is 6.73. The first-order valence-corrected chi connectivity index (χ1v) is 8.76. The zero-order chi connectivity index (χ0) is 19.3. The molecule has 3 amide bonds. The van der Waals surface area contributed by atoms with Gasteiger partial charge in [-0.1, -0.05) is 24.3 Å². The van der Waals surface area contributed by atoms with Crippen molar-refractivity contribution in [2.45, 2.75) is 24.8 Å². The van der Waals surface area contributed by atoms with E-state index in [9.17, 15) is 18.4 Å². The molecule has 1 saturated carbocycles. The standard InChI is InChI=1S/C20H21F2N3O2/c21-16-5-1-14(2-6-16)11-23-19(27)24-12-18(26)25-13-20(9-10-20)15-3-7-17(22)8-4-15/h1-8H,9-13H2,(H,25,26)(H2,23,24,27). The molecule has 0 aromatic heterocycles. The van der Waals surface area contributed by atoms with Crippen LogP contribution in [0.5, 0.6) is 0 Å². The van der Waals surface area contributed by atoms with E-state index in [-0.39, 0.29) is 36.0 Å². The number of amides is 3. The molecule has 27 heavy (non-hydrogen) atoms. The van der Waals surface area contributed by atoms with Crippen molar-refractivity contribution in [3.05, 3.63) is 71.3 Å². The summed E-state index contributed by atoms with van der Waals surface area (Å²) in [6.45, 7) is 0.548. The molecule has 5 nitrogen and oxygen atoms in total. The molecule has 3 N–H and O–H groups in total. The Labute approximate surface area is 156 Å². The quantitative estimate of drug-likeness (QED) is 0.698. The lowest BCUT2D eigenvalue weighted by Crippen LogP contribution is -2.43. The van der Waals surface area contributed by atoms with Crippen molar-refractivity contribution in [2.75, 3.05) is 13.1 Å². The highest BCUT2D eigenvalue weighted by Crippen LogP contribution is 2.47. The lowest BCUT2D eigenvalue weighted by atomic mass is 9.96. The summed E-state index contributed by atoms with van der Waals surface area (Å²) in [6, 6.07) is 11.6. The summed E-state index contributed by atoms with van der Waals surface area (Å²) in [5, 5.41) is 7.90. The third kappa shape index (κ3) is 5.26. The summed E-state index contributed by atoms with van der Waals surface area (Å²) in [7, 11) is 0. The summed E-state index contributed by atoms with van der Waals surface area (Å²) >= 11 is 0. The Hall–Kier alpha value is -2.96. The van der Waals surface area contributed by atoms with Gasteiger partial charge in [0, 0.05) is 18.5 Å². The van der Waals surface area contributed by atoms with Gasteiger partial charge in [0.25, 0.3) is 0 Å². The van der Waals surface area contributed by atoms with E-state index in [0.29, 0.717) is 6.54 Å². The smallest absolute Gasteiger partial charge is 0.315 e. The molecule has 1 fully saturated rings. The zero-order valence-corrected chi connectivity index (χ0v) is 14.7. The van der Waals surface area contributed by atoms with E-state index in [0.717, 1.165) is 24.0 Å². The molecule has 0 aliphatic heterocycles. The fourth-order valence-corrected chi connectivity index (χ4v) is 2.86. The van der Waals surface area contributed by atoms with E-state index in [2.05, 4.69) is 16.0 Å². The molecule has 7 heteroatoms. The van der Waals surface area contributed by atoms with Gasteiger partial charge in [0.1, 0.15) is 11.6 Å². The normalized spacial score (nSPS) is 14.3. The van der Waals surface area contributed by atoms with Crippen LogP contribution in [0.15, 0.2) is 48.5 Å². The van der Waals surface area contributed by atoms with Crippen molar-refractivity contribution < 1.29 is 18.4 Å². The number of rotatable bonds is 7.